The Labute approximate surface area is 193 Å². The Kier molecular flexibility index (Phi) is 4.98. The summed E-state index contributed by atoms with van der Waals surface area (Å²) in [4.78, 5) is 12.2. The van der Waals surface area contributed by atoms with Crippen LogP contribution < -0.4 is 0 Å². The summed E-state index contributed by atoms with van der Waals surface area (Å²) in [7, 11) is -3.97. The monoisotopic (exact) mass is 457 g/mol. The van der Waals surface area contributed by atoms with Crippen LogP contribution in [0.4, 0.5) is 0 Å². The maximum atomic E-state index is 14.0. The fourth-order valence-electron chi connectivity index (χ4n) is 4.68. The van der Waals surface area contributed by atoms with Crippen LogP contribution in [-0.2, 0) is 19.6 Å². The third-order valence-electron chi connectivity index (χ3n) is 6.10. The molecule has 0 radical (unpaired) electrons. The van der Waals surface area contributed by atoms with Gasteiger partial charge in [-0.1, -0.05) is 66.2 Å². The van der Waals surface area contributed by atoms with Gasteiger partial charge in [0.1, 0.15) is 5.69 Å². The van der Waals surface area contributed by atoms with Crippen LogP contribution in [0.2, 0.25) is 0 Å². The summed E-state index contributed by atoms with van der Waals surface area (Å²) >= 11 is 0. The van der Waals surface area contributed by atoms with E-state index in [9.17, 15) is 13.2 Å². The van der Waals surface area contributed by atoms with Crippen molar-refractivity contribution in [3.8, 4) is 0 Å². The van der Waals surface area contributed by atoms with Gasteiger partial charge in [-0.3, -0.25) is 4.79 Å². The molecule has 1 unspecified atom stereocenters. The van der Waals surface area contributed by atoms with Crippen molar-refractivity contribution < 1.29 is 17.9 Å². The first-order valence-electron chi connectivity index (χ1n) is 10.7. The quantitative estimate of drug-likeness (QED) is 0.373. The molecule has 0 amide bonds. The Balaban J connectivity index is 1.89. The minimum absolute atomic E-state index is 0.180. The third kappa shape index (κ3) is 3.29. The zero-order valence-corrected chi connectivity index (χ0v) is 19.4. The number of carbonyl (C=O) groups is 1. The molecule has 1 heterocycles. The predicted molar refractivity (Wildman–Crippen MR) is 128 cm³/mol. The van der Waals surface area contributed by atoms with Gasteiger partial charge in [-0.2, -0.15) is 0 Å². The largest absolute Gasteiger partial charge is 0.424 e. The van der Waals surface area contributed by atoms with Crippen molar-refractivity contribution in [1.82, 2.24) is 3.97 Å². The predicted octanol–water partition coefficient (Wildman–Crippen LogP) is 5.63. The second-order valence-corrected chi connectivity index (χ2v) is 10.1. The van der Waals surface area contributed by atoms with E-state index in [4.69, 9.17) is 4.74 Å². The van der Waals surface area contributed by atoms with Crippen LogP contribution in [0.25, 0.3) is 16.7 Å². The van der Waals surface area contributed by atoms with Crippen LogP contribution in [-0.4, -0.2) is 18.4 Å². The summed E-state index contributed by atoms with van der Waals surface area (Å²) in [5.74, 6) is -0.415. The number of hydrogen-bond donors (Lipinski definition) is 0. The van der Waals surface area contributed by atoms with Crippen LogP contribution in [0.3, 0.4) is 0 Å². The van der Waals surface area contributed by atoms with Crippen molar-refractivity contribution >= 4 is 32.7 Å². The highest BCUT2D eigenvalue weighted by Crippen LogP contribution is 2.51. The second kappa shape index (κ2) is 7.74. The molecule has 1 aliphatic carbocycles. The highest BCUT2D eigenvalue weighted by Gasteiger charge is 2.40. The highest BCUT2D eigenvalue weighted by molar-refractivity contribution is 7.90. The Morgan fingerprint density at radius 3 is 2.18 bits per heavy atom. The summed E-state index contributed by atoms with van der Waals surface area (Å²) < 4.78 is 34.9. The van der Waals surface area contributed by atoms with Gasteiger partial charge in [0.15, 0.2) is 5.76 Å². The lowest BCUT2D eigenvalue weighted by Crippen LogP contribution is -2.16. The maximum absolute atomic E-state index is 14.0. The van der Waals surface area contributed by atoms with E-state index in [-0.39, 0.29) is 10.8 Å². The van der Waals surface area contributed by atoms with Crippen LogP contribution in [0, 0.1) is 6.92 Å². The average Bonchev–Trinajstić information content (AvgIpc) is 3.27. The van der Waals surface area contributed by atoms with E-state index in [1.54, 1.807) is 30.3 Å². The summed E-state index contributed by atoms with van der Waals surface area (Å²) in [5, 5.41) is 0.818. The van der Waals surface area contributed by atoms with Gasteiger partial charge in [-0.25, -0.2) is 12.4 Å². The molecular weight excluding hydrogens is 434 g/mol. The number of aromatic nitrogens is 1. The molecule has 0 aliphatic heterocycles. The molecule has 0 spiro atoms. The number of allylic oxidation sites excluding steroid dienone is 1. The van der Waals surface area contributed by atoms with Gasteiger partial charge in [0, 0.05) is 23.8 Å². The number of para-hydroxylation sites is 1. The topological polar surface area (TPSA) is 65.4 Å². The fourth-order valence-corrected chi connectivity index (χ4v) is 6.21. The van der Waals surface area contributed by atoms with E-state index >= 15 is 0 Å². The molecule has 5 nitrogen and oxygen atoms in total. The number of carbonyl (C=O) groups excluding carboxylic acids is 1. The van der Waals surface area contributed by atoms with E-state index in [1.807, 2.05) is 62.4 Å². The molecule has 4 aromatic rings. The van der Waals surface area contributed by atoms with Gasteiger partial charge in [0.2, 0.25) is 0 Å². The molecule has 6 heteroatoms. The number of fused-ring (bicyclic) bond motifs is 3. The van der Waals surface area contributed by atoms with Crippen molar-refractivity contribution in [1.29, 1.82) is 0 Å². The molecule has 3 aromatic carbocycles. The molecule has 1 aromatic heterocycles. The normalized spacial score (nSPS) is 15.7. The van der Waals surface area contributed by atoms with E-state index < -0.39 is 16.0 Å². The zero-order valence-electron chi connectivity index (χ0n) is 18.6. The van der Waals surface area contributed by atoms with Crippen molar-refractivity contribution in [2.24, 2.45) is 0 Å². The Bertz CT molecular complexity index is 1530. The first-order valence-corrected chi connectivity index (χ1v) is 12.1. The standard InChI is InChI=1S/C27H23NO4S/c1-17-13-15-21(16-14-17)33(30,31)28-23-12-8-7-11-22(23)25-24(20-9-5-4-6-10-20)18(2)27(26(25)28)32-19(3)29/h4-16,24H,1-3H3. The van der Waals surface area contributed by atoms with Gasteiger partial charge in [-0.05, 0) is 43.2 Å². The molecule has 0 fully saturated rings. The third-order valence-corrected chi connectivity index (χ3v) is 7.83. The van der Waals surface area contributed by atoms with Gasteiger partial charge in [-0.15, -0.1) is 0 Å². The lowest BCUT2D eigenvalue weighted by molar-refractivity contribution is -0.134. The lowest BCUT2D eigenvalue weighted by atomic mass is 9.88. The molecule has 0 bridgehead atoms. The molecule has 1 aliphatic rings. The molecule has 1 atom stereocenters. The number of nitrogens with zero attached hydrogens (tertiary/aromatic N) is 1. The van der Waals surface area contributed by atoms with Crippen LogP contribution in [0.1, 0.15) is 42.1 Å². The van der Waals surface area contributed by atoms with Crippen LogP contribution in [0.5, 0.6) is 0 Å². The number of ether oxygens (including phenoxy) is 1. The minimum Gasteiger partial charge on any atom is -0.424 e. The van der Waals surface area contributed by atoms with E-state index in [1.165, 1.54) is 10.9 Å². The molecule has 33 heavy (non-hydrogen) atoms. The minimum atomic E-state index is -3.97. The van der Waals surface area contributed by atoms with Crippen LogP contribution >= 0.6 is 0 Å². The molecule has 166 valence electrons. The summed E-state index contributed by atoms with van der Waals surface area (Å²) in [6, 6.07) is 24.1. The number of hydrogen-bond acceptors (Lipinski definition) is 4. The molecule has 0 N–H and O–H groups in total. The number of rotatable bonds is 4. The van der Waals surface area contributed by atoms with Crippen molar-refractivity contribution in [3.63, 3.8) is 0 Å². The number of benzene rings is 3. The van der Waals surface area contributed by atoms with Crippen molar-refractivity contribution in [2.75, 3.05) is 0 Å². The first kappa shape index (κ1) is 21.2. The maximum Gasteiger partial charge on any atom is 0.308 e. The molecular formula is C27H23NO4S. The van der Waals surface area contributed by atoms with E-state index in [0.717, 1.165) is 27.6 Å². The smallest absolute Gasteiger partial charge is 0.308 e. The highest BCUT2D eigenvalue weighted by atomic mass is 32.2. The van der Waals surface area contributed by atoms with Gasteiger partial charge in [0.05, 0.1) is 10.4 Å². The van der Waals surface area contributed by atoms with E-state index in [0.29, 0.717) is 17.0 Å². The summed E-state index contributed by atoms with van der Waals surface area (Å²) in [6.45, 7) is 5.14. The zero-order chi connectivity index (χ0) is 23.3. The average molecular weight is 458 g/mol. The van der Waals surface area contributed by atoms with Gasteiger partial charge in [0.25, 0.3) is 10.0 Å². The van der Waals surface area contributed by atoms with E-state index in [2.05, 4.69) is 0 Å². The molecule has 0 saturated carbocycles. The Hall–Kier alpha value is -3.64. The van der Waals surface area contributed by atoms with Crippen molar-refractivity contribution in [3.05, 3.63) is 107 Å². The molecule has 0 saturated heterocycles. The fraction of sp³-hybridized carbons (Fsp3) is 0.148. The second-order valence-electron chi connectivity index (χ2n) is 8.31. The lowest BCUT2D eigenvalue weighted by Gasteiger charge is -2.15. The first-order chi connectivity index (χ1) is 15.8. The SMILES string of the molecule is CC(=O)OC1=C(C)C(c2ccccc2)c2c1n(S(=O)(=O)c1ccc(C)cc1)c1ccccc21. The molecule has 5 rings (SSSR count). The number of aryl methyl sites for hydroxylation is 1. The summed E-state index contributed by atoms with van der Waals surface area (Å²) in [5.41, 5.74) is 4.59. The number of esters is 1. The Morgan fingerprint density at radius 1 is 0.879 bits per heavy atom. The summed E-state index contributed by atoms with van der Waals surface area (Å²) in [6.07, 6.45) is 0. The van der Waals surface area contributed by atoms with Crippen molar-refractivity contribution in [2.45, 2.75) is 31.6 Å². The van der Waals surface area contributed by atoms with Gasteiger partial charge < -0.3 is 4.74 Å². The van der Waals surface area contributed by atoms with Gasteiger partial charge >= 0.3 is 5.97 Å². The van der Waals surface area contributed by atoms with Crippen LogP contribution in [0.15, 0.2) is 89.3 Å². The Morgan fingerprint density at radius 2 is 1.52 bits per heavy atom.